The number of aromatic nitrogens is 1. The number of nitrogens with one attached hydrogen (secondary N) is 2. The lowest BCUT2D eigenvalue weighted by Gasteiger charge is -2.31. The second kappa shape index (κ2) is 12.7. The Balaban J connectivity index is 0.00000364. The van der Waals surface area contributed by atoms with E-state index < -0.39 is 0 Å². The van der Waals surface area contributed by atoms with Gasteiger partial charge >= 0.3 is 0 Å². The number of nitrogens with zero attached hydrogens (tertiary/aromatic N) is 2. The molecule has 1 saturated heterocycles. The fourth-order valence-corrected chi connectivity index (χ4v) is 3.18. The van der Waals surface area contributed by atoms with E-state index in [4.69, 9.17) is 0 Å². The van der Waals surface area contributed by atoms with E-state index >= 15 is 0 Å². The van der Waals surface area contributed by atoms with Crippen LogP contribution in [0.2, 0.25) is 0 Å². The van der Waals surface area contributed by atoms with Crippen LogP contribution in [0.25, 0.3) is 0 Å². The van der Waals surface area contributed by atoms with Gasteiger partial charge < -0.3 is 15.5 Å². The van der Waals surface area contributed by atoms with Crippen molar-refractivity contribution >= 4 is 24.2 Å². The number of hydrogen-bond donors (Lipinski definition) is 2. The van der Waals surface area contributed by atoms with Crippen LogP contribution in [0.4, 0.5) is 0 Å². The second-order valence-corrected chi connectivity index (χ2v) is 7.39. The normalized spacial score (nSPS) is 16.9. The Bertz CT molecular complexity index is 560. The lowest BCUT2D eigenvalue weighted by molar-refractivity contribution is -0.135. The van der Waals surface area contributed by atoms with Gasteiger partial charge in [-0.15, -0.1) is 12.4 Å². The zero-order valence-electron chi connectivity index (χ0n) is 16.4. The van der Waals surface area contributed by atoms with Crippen molar-refractivity contribution in [3.05, 3.63) is 30.1 Å². The minimum atomic E-state index is -0.0487. The molecular weight excluding hydrogens is 364 g/mol. The van der Waals surface area contributed by atoms with Crippen molar-refractivity contribution in [1.29, 1.82) is 0 Å². The maximum absolute atomic E-state index is 12.9. The van der Waals surface area contributed by atoms with Crippen molar-refractivity contribution in [2.45, 2.75) is 58.5 Å². The molecule has 2 amide bonds. The van der Waals surface area contributed by atoms with Crippen molar-refractivity contribution in [2.24, 2.45) is 5.92 Å². The molecular formula is C20H33ClN4O2. The lowest BCUT2D eigenvalue weighted by Crippen LogP contribution is -2.45. The van der Waals surface area contributed by atoms with Gasteiger partial charge in [0, 0.05) is 18.7 Å². The summed E-state index contributed by atoms with van der Waals surface area (Å²) in [6.45, 7) is 6.64. The van der Waals surface area contributed by atoms with Crippen LogP contribution in [0.5, 0.6) is 0 Å². The molecule has 2 rings (SSSR count). The summed E-state index contributed by atoms with van der Waals surface area (Å²) in [6, 6.07) is 5.94. The first-order valence-electron chi connectivity index (χ1n) is 9.73. The molecule has 7 heteroatoms. The highest BCUT2D eigenvalue weighted by Gasteiger charge is 2.25. The zero-order valence-corrected chi connectivity index (χ0v) is 17.3. The first-order chi connectivity index (χ1) is 12.6. The van der Waals surface area contributed by atoms with E-state index in [2.05, 4.69) is 29.5 Å². The highest BCUT2D eigenvalue weighted by molar-refractivity contribution is 5.85. The van der Waals surface area contributed by atoms with Crippen LogP contribution in [0.3, 0.4) is 0 Å². The molecule has 1 fully saturated rings. The Kier molecular flexibility index (Phi) is 11.0. The van der Waals surface area contributed by atoms with Gasteiger partial charge in [-0.1, -0.05) is 19.9 Å². The van der Waals surface area contributed by atoms with E-state index in [9.17, 15) is 9.59 Å². The van der Waals surface area contributed by atoms with Crippen LogP contribution >= 0.6 is 12.4 Å². The monoisotopic (exact) mass is 396 g/mol. The third-order valence-electron chi connectivity index (χ3n) is 4.75. The Labute approximate surface area is 168 Å². The van der Waals surface area contributed by atoms with Gasteiger partial charge in [0.15, 0.2) is 0 Å². The Morgan fingerprint density at radius 2 is 2.11 bits per heavy atom. The molecule has 2 heterocycles. The topological polar surface area (TPSA) is 74.3 Å². The standard InChI is InChI=1S/C20H32N4O2.ClH/c1-16(2)8-9-19(25)23-14-20(26)24(15-17-6-3-4-12-22-17)18-7-5-11-21-13-10-18;/h3-4,6,12,16,18,21H,5,7-11,13-15H2,1-2H3,(H,23,25);1H. The Hall–Kier alpha value is -1.66. The highest BCUT2D eigenvalue weighted by atomic mass is 35.5. The van der Waals surface area contributed by atoms with Gasteiger partial charge in [-0.2, -0.15) is 0 Å². The molecule has 152 valence electrons. The van der Waals surface area contributed by atoms with Gasteiger partial charge in [0.2, 0.25) is 11.8 Å². The molecule has 0 aliphatic carbocycles. The van der Waals surface area contributed by atoms with E-state index in [-0.39, 0.29) is 36.8 Å². The fraction of sp³-hybridized carbons (Fsp3) is 0.650. The van der Waals surface area contributed by atoms with Crippen LogP contribution in [0, 0.1) is 5.92 Å². The summed E-state index contributed by atoms with van der Waals surface area (Å²) >= 11 is 0. The molecule has 1 aliphatic heterocycles. The molecule has 0 aromatic carbocycles. The highest BCUT2D eigenvalue weighted by Crippen LogP contribution is 2.16. The summed E-state index contributed by atoms with van der Waals surface area (Å²) in [4.78, 5) is 31.1. The van der Waals surface area contributed by atoms with Gasteiger partial charge in [-0.25, -0.2) is 0 Å². The molecule has 27 heavy (non-hydrogen) atoms. The van der Waals surface area contributed by atoms with E-state index in [1.54, 1.807) is 6.20 Å². The van der Waals surface area contributed by atoms with E-state index in [1.165, 1.54) is 0 Å². The number of pyridine rings is 1. The van der Waals surface area contributed by atoms with Crippen LogP contribution in [0.15, 0.2) is 24.4 Å². The van der Waals surface area contributed by atoms with Gasteiger partial charge in [-0.05, 0) is 56.8 Å². The molecule has 6 nitrogen and oxygen atoms in total. The molecule has 1 aromatic heterocycles. The number of rotatable bonds is 8. The summed E-state index contributed by atoms with van der Waals surface area (Å²) in [5.41, 5.74) is 0.879. The van der Waals surface area contributed by atoms with E-state index in [1.807, 2.05) is 23.1 Å². The predicted molar refractivity (Wildman–Crippen MR) is 110 cm³/mol. The molecule has 1 aliphatic rings. The number of carbonyl (C=O) groups excluding carboxylic acids is 2. The number of hydrogen-bond acceptors (Lipinski definition) is 4. The number of amides is 2. The van der Waals surface area contributed by atoms with Crippen LogP contribution < -0.4 is 10.6 Å². The smallest absolute Gasteiger partial charge is 0.242 e. The molecule has 2 N–H and O–H groups in total. The summed E-state index contributed by atoms with van der Waals surface area (Å²) in [5.74, 6) is 0.406. The molecule has 0 saturated carbocycles. The number of carbonyl (C=O) groups is 2. The molecule has 1 unspecified atom stereocenters. The maximum Gasteiger partial charge on any atom is 0.242 e. The first-order valence-corrected chi connectivity index (χ1v) is 9.73. The fourth-order valence-electron chi connectivity index (χ4n) is 3.18. The SMILES string of the molecule is CC(C)CCC(=O)NCC(=O)N(Cc1ccccn1)C1CCCNCC1.Cl. The van der Waals surface area contributed by atoms with Gasteiger partial charge in [0.1, 0.15) is 0 Å². The molecule has 0 radical (unpaired) electrons. The lowest BCUT2D eigenvalue weighted by atomic mass is 10.1. The third kappa shape index (κ3) is 8.71. The van der Waals surface area contributed by atoms with Gasteiger partial charge in [-0.3, -0.25) is 14.6 Å². The average molecular weight is 397 g/mol. The van der Waals surface area contributed by atoms with Gasteiger partial charge in [0.05, 0.1) is 18.8 Å². The molecule has 0 spiro atoms. The van der Waals surface area contributed by atoms with Crippen molar-refractivity contribution in [3.8, 4) is 0 Å². The molecule has 1 aromatic rings. The second-order valence-electron chi connectivity index (χ2n) is 7.39. The quantitative estimate of drug-likeness (QED) is 0.708. The zero-order chi connectivity index (χ0) is 18.8. The summed E-state index contributed by atoms with van der Waals surface area (Å²) in [6.07, 6.45) is 6.02. The predicted octanol–water partition coefficient (Wildman–Crippen LogP) is 2.53. The van der Waals surface area contributed by atoms with Crippen LogP contribution in [-0.2, 0) is 16.1 Å². The summed E-state index contributed by atoms with van der Waals surface area (Å²) in [7, 11) is 0. The largest absolute Gasteiger partial charge is 0.347 e. The van der Waals surface area contributed by atoms with Crippen molar-refractivity contribution in [1.82, 2.24) is 20.5 Å². The Morgan fingerprint density at radius 3 is 2.81 bits per heavy atom. The van der Waals surface area contributed by atoms with Crippen molar-refractivity contribution in [3.63, 3.8) is 0 Å². The van der Waals surface area contributed by atoms with E-state index in [0.717, 1.165) is 44.5 Å². The summed E-state index contributed by atoms with van der Waals surface area (Å²) < 4.78 is 0. The minimum absolute atomic E-state index is 0. The van der Waals surface area contributed by atoms with Crippen molar-refractivity contribution in [2.75, 3.05) is 19.6 Å². The Morgan fingerprint density at radius 1 is 1.30 bits per heavy atom. The van der Waals surface area contributed by atoms with Gasteiger partial charge in [0.25, 0.3) is 0 Å². The third-order valence-corrected chi connectivity index (χ3v) is 4.75. The average Bonchev–Trinajstić information content (AvgIpc) is 2.92. The maximum atomic E-state index is 12.9. The van der Waals surface area contributed by atoms with Crippen molar-refractivity contribution < 1.29 is 9.59 Å². The minimum Gasteiger partial charge on any atom is -0.347 e. The van der Waals surface area contributed by atoms with E-state index in [0.29, 0.717) is 18.9 Å². The number of halogens is 1. The molecule has 0 bridgehead atoms. The first kappa shape index (κ1) is 23.4. The van der Waals surface area contributed by atoms with Crippen LogP contribution in [-0.4, -0.2) is 47.4 Å². The molecule has 1 atom stereocenters. The van der Waals surface area contributed by atoms with Crippen LogP contribution in [0.1, 0.15) is 51.6 Å². The summed E-state index contributed by atoms with van der Waals surface area (Å²) in [5, 5.41) is 6.18.